The van der Waals surface area contributed by atoms with Crippen LogP contribution in [0.3, 0.4) is 0 Å². The third kappa shape index (κ3) is 3.04. The molecule has 0 aliphatic rings. The summed E-state index contributed by atoms with van der Waals surface area (Å²) in [4.78, 5) is 22.6. The lowest BCUT2D eigenvalue weighted by Gasteiger charge is -2.13. The Morgan fingerprint density at radius 1 is 1.56 bits per heavy atom. The second-order valence-corrected chi connectivity index (χ2v) is 3.73. The van der Waals surface area contributed by atoms with Crippen molar-refractivity contribution in [2.75, 3.05) is 20.3 Å². The van der Waals surface area contributed by atoms with Crippen LogP contribution in [0.1, 0.15) is 29.1 Å². The highest BCUT2D eigenvalue weighted by Crippen LogP contribution is 2.11. The van der Waals surface area contributed by atoms with Crippen LogP contribution < -0.4 is 5.32 Å². The maximum absolute atomic E-state index is 11.7. The van der Waals surface area contributed by atoms with Gasteiger partial charge in [0, 0.05) is 13.7 Å². The van der Waals surface area contributed by atoms with Gasteiger partial charge in [-0.05, 0) is 13.8 Å². The average molecular weight is 256 g/mol. The molecule has 0 fully saturated rings. The number of hydrogen-bond acceptors (Lipinski definition) is 5. The Morgan fingerprint density at radius 2 is 2.22 bits per heavy atom. The number of ether oxygens (including phenoxy) is 1. The van der Waals surface area contributed by atoms with E-state index < -0.39 is 12.0 Å². The van der Waals surface area contributed by atoms with E-state index in [4.69, 9.17) is 9.84 Å². The van der Waals surface area contributed by atoms with Crippen LogP contribution in [0, 0.1) is 6.92 Å². The summed E-state index contributed by atoms with van der Waals surface area (Å²) < 4.78 is 6.09. The fourth-order valence-electron chi connectivity index (χ4n) is 1.44. The predicted octanol–water partition coefficient (Wildman–Crippen LogP) is -0.392. The number of carbonyl (C=O) groups is 2. The molecule has 18 heavy (non-hydrogen) atoms. The van der Waals surface area contributed by atoms with E-state index in [9.17, 15) is 9.59 Å². The zero-order chi connectivity index (χ0) is 13.7. The number of aromatic carboxylic acids is 1. The number of nitrogens with zero attached hydrogens (tertiary/aromatic N) is 3. The summed E-state index contributed by atoms with van der Waals surface area (Å²) >= 11 is 0. The summed E-state index contributed by atoms with van der Waals surface area (Å²) in [5, 5.41) is 18.7. The Kier molecular flexibility index (Phi) is 4.78. The van der Waals surface area contributed by atoms with Gasteiger partial charge >= 0.3 is 5.97 Å². The lowest BCUT2D eigenvalue weighted by molar-refractivity contribution is -0.124. The van der Waals surface area contributed by atoms with E-state index in [1.165, 1.54) is 11.8 Å². The first-order valence-corrected chi connectivity index (χ1v) is 5.40. The molecule has 1 rings (SSSR count). The van der Waals surface area contributed by atoms with Crippen molar-refractivity contribution in [2.24, 2.45) is 0 Å². The summed E-state index contributed by atoms with van der Waals surface area (Å²) in [7, 11) is 1.54. The smallest absolute Gasteiger partial charge is 0.358 e. The number of nitrogens with one attached hydrogen (secondary N) is 1. The maximum atomic E-state index is 11.7. The van der Waals surface area contributed by atoms with Gasteiger partial charge in [0.2, 0.25) is 5.91 Å². The summed E-state index contributed by atoms with van der Waals surface area (Å²) in [6.07, 6.45) is 0. The summed E-state index contributed by atoms with van der Waals surface area (Å²) in [5.41, 5.74) is 0.198. The molecule has 100 valence electrons. The van der Waals surface area contributed by atoms with Crippen molar-refractivity contribution >= 4 is 11.9 Å². The Bertz CT molecular complexity index is 443. The molecule has 1 aromatic heterocycles. The van der Waals surface area contributed by atoms with Crippen LogP contribution in [-0.4, -0.2) is 52.2 Å². The van der Waals surface area contributed by atoms with Crippen molar-refractivity contribution in [2.45, 2.75) is 19.9 Å². The number of methoxy groups -OCH3 is 1. The zero-order valence-corrected chi connectivity index (χ0v) is 10.5. The Labute approximate surface area is 104 Å². The van der Waals surface area contributed by atoms with E-state index in [1.54, 1.807) is 13.8 Å². The van der Waals surface area contributed by atoms with E-state index in [-0.39, 0.29) is 11.6 Å². The minimum atomic E-state index is -1.16. The van der Waals surface area contributed by atoms with Crippen molar-refractivity contribution in [3.05, 3.63) is 11.4 Å². The Morgan fingerprint density at radius 3 is 2.72 bits per heavy atom. The highest BCUT2D eigenvalue weighted by atomic mass is 16.5. The molecular formula is C10H16N4O4. The SMILES string of the molecule is COCCNC(=O)C(C)n1nnc(C(=O)O)c1C. The molecule has 0 saturated heterocycles. The molecule has 0 aliphatic heterocycles. The zero-order valence-electron chi connectivity index (χ0n) is 10.5. The summed E-state index contributed by atoms with van der Waals surface area (Å²) in [6, 6.07) is -0.623. The molecule has 1 amide bonds. The van der Waals surface area contributed by atoms with E-state index in [2.05, 4.69) is 15.6 Å². The number of carboxylic acid groups (broad SMARTS) is 1. The molecule has 1 heterocycles. The van der Waals surface area contributed by atoms with E-state index >= 15 is 0 Å². The molecule has 0 radical (unpaired) electrons. The van der Waals surface area contributed by atoms with Crippen molar-refractivity contribution in [1.29, 1.82) is 0 Å². The molecule has 1 aromatic rings. The van der Waals surface area contributed by atoms with Crippen molar-refractivity contribution in [3.8, 4) is 0 Å². The van der Waals surface area contributed by atoms with Gasteiger partial charge in [0.15, 0.2) is 5.69 Å². The van der Waals surface area contributed by atoms with Gasteiger partial charge in [0.1, 0.15) is 6.04 Å². The van der Waals surface area contributed by atoms with Gasteiger partial charge in [0.25, 0.3) is 0 Å². The van der Waals surface area contributed by atoms with Crippen LogP contribution in [0.2, 0.25) is 0 Å². The third-order valence-electron chi connectivity index (χ3n) is 2.48. The monoisotopic (exact) mass is 256 g/mol. The molecular weight excluding hydrogens is 240 g/mol. The molecule has 1 atom stereocenters. The van der Waals surface area contributed by atoms with Crippen molar-refractivity contribution < 1.29 is 19.4 Å². The third-order valence-corrected chi connectivity index (χ3v) is 2.48. The fourth-order valence-corrected chi connectivity index (χ4v) is 1.44. The molecule has 0 saturated carbocycles. The Balaban J connectivity index is 2.75. The van der Waals surface area contributed by atoms with Gasteiger partial charge in [-0.25, -0.2) is 9.48 Å². The van der Waals surface area contributed by atoms with E-state index in [1.807, 2.05) is 0 Å². The summed E-state index contributed by atoms with van der Waals surface area (Å²) in [5.74, 6) is -1.43. The number of rotatable bonds is 6. The second kappa shape index (κ2) is 6.10. The molecule has 0 bridgehead atoms. The van der Waals surface area contributed by atoms with Gasteiger partial charge in [-0.1, -0.05) is 5.21 Å². The molecule has 0 aliphatic carbocycles. The van der Waals surface area contributed by atoms with Crippen LogP contribution in [0.15, 0.2) is 0 Å². The molecule has 2 N–H and O–H groups in total. The molecule has 8 heteroatoms. The quantitative estimate of drug-likeness (QED) is 0.671. The molecule has 0 aromatic carbocycles. The van der Waals surface area contributed by atoms with Crippen LogP contribution in [0.25, 0.3) is 0 Å². The lowest BCUT2D eigenvalue weighted by atomic mass is 10.2. The predicted molar refractivity (Wildman–Crippen MR) is 61.3 cm³/mol. The number of aromatic nitrogens is 3. The second-order valence-electron chi connectivity index (χ2n) is 3.73. The highest BCUT2D eigenvalue weighted by molar-refractivity contribution is 5.86. The average Bonchev–Trinajstić information content (AvgIpc) is 2.70. The number of amides is 1. The standard InChI is InChI=1S/C10H16N4O4/c1-6-8(10(16)17)12-13-14(6)7(2)9(15)11-4-5-18-3/h7H,4-5H2,1-3H3,(H,11,15)(H,16,17). The largest absolute Gasteiger partial charge is 0.476 e. The first kappa shape index (κ1) is 14.1. The Hall–Kier alpha value is -1.96. The number of carbonyl (C=O) groups excluding carboxylic acids is 1. The van der Waals surface area contributed by atoms with Crippen molar-refractivity contribution in [3.63, 3.8) is 0 Å². The van der Waals surface area contributed by atoms with Gasteiger partial charge in [-0.15, -0.1) is 5.10 Å². The number of carboxylic acids is 1. The van der Waals surface area contributed by atoms with Crippen LogP contribution >= 0.6 is 0 Å². The maximum Gasteiger partial charge on any atom is 0.358 e. The van der Waals surface area contributed by atoms with Gasteiger partial charge in [-0.2, -0.15) is 0 Å². The van der Waals surface area contributed by atoms with Crippen molar-refractivity contribution in [1.82, 2.24) is 20.3 Å². The minimum absolute atomic E-state index is 0.147. The molecule has 0 spiro atoms. The van der Waals surface area contributed by atoms with Crippen LogP contribution in [0.4, 0.5) is 0 Å². The number of hydrogen-bond donors (Lipinski definition) is 2. The van der Waals surface area contributed by atoms with Gasteiger partial charge < -0.3 is 15.2 Å². The van der Waals surface area contributed by atoms with Gasteiger partial charge in [-0.3, -0.25) is 4.79 Å². The molecule has 1 unspecified atom stereocenters. The fraction of sp³-hybridized carbons (Fsp3) is 0.600. The van der Waals surface area contributed by atoms with Crippen LogP contribution in [-0.2, 0) is 9.53 Å². The van der Waals surface area contributed by atoms with E-state index in [0.717, 1.165) is 0 Å². The van der Waals surface area contributed by atoms with E-state index in [0.29, 0.717) is 18.8 Å². The van der Waals surface area contributed by atoms with Gasteiger partial charge in [0.05, 0.1) is 12.3 Å². The normalized spacial score (nSPS) is 12.2. The summed E-state index contributed by atoms with van der Waals surface area (Å²) in [6.45, 7) is 3.98. The molecule has 8 nitrogen and oxygen atoms in total. The lowest BCUT2D eigenvalue weighted by Crippen LogP contribution is -2.34. The first-order valence-electron chi connectivity index (χ1n) is 5.40. The van der Waals surface area contributed by atoms with Crippen LogP contribution in [0.5, 0.6) is 0 Å². The highest BCUT2D eigenvalue weighted by Gasteiger charge is 2.22. The topological polar surface area (TPSA) is 106 Å². The first-order chi connectivity index (χ1) is 8.49. The minimum Gasteiger partial charge on any atom is -0.476 e.